The van der Waals surface area contributed by atoms with Crippen molar-refractivity contribution in [2.45, 2.75) is 39.3 Å². The number of fused-ring (bicyclic) bond motifs is 1. The van der Waals surface area contributed by atoms with Crippen molar-refractivity contribution < 1.29 is 13.9 Å². The van der Waals surface area contributed by atoms with Crippen molar-refractivity contribution in [2.75, 3.05) is 0 Å². The van der Waals surface area contributed by atoms with E-state index in [1.54, 1.807) is 6.07 Å². The fourth-order valence-electron chi connectivity index (χ4n) is 2.86. The Hall–Kier alpha value is -2.12. The Labute approximate surface area is 163 Å². The maximum Gasteiger partial charge on any atom is 0.277 e. The van der Waals surface area contributed by atoms with Gasteiger partial charge in [0.25, 0.3) is 5.56 Å². The zero-order valence-electron chi connectivity index (χ0n) is 15.2. The van der Waals surface area contributed by atoms with Crippen molar-refractivity contribution >= 4 is 26.7 Å². The molecule has 0 saturated heterocycles. The van der Waals surface area contributed by atoms with Crippen LogP contribution in [0.25, 0.3) is 10.8 Å². The molecule has 0 unspecified atom stereocenters. The minimum atomic E-state index is -0.627. The largest absolute Gasteiger partial charge is 0.392 e. The molecule has 0 bridgehead atoms. The smallest absolute Gasteiger partial charge is 0.277 e. The first-order valence-corrected chi connectivity index (χ1v) is 9.18. The summed E-state index contributed by atoms with van der Waals surface area (Å²) in [5, 5.41) is 13.8. The summed E-state index contributed by atoms with van der Waals surface area (Å²) in [6.45, 7) is 5.42. The molecule has 7 heteroatoms. The lowest BCUT2D eigenvalue weighted by Crippen LogP contribution is -2.25. The van der Waals surface area contributed by atoms with E-state index in [-0.39, 0.29) is 29.5 Å². The SMILES string of the molecule is CC(C)(C)c1cc(F)c2c(=O)n(Cc3cc(CO)c(Br)cc3F)ncc2c1. The van der Waals surface area contributed by atoms with E-state index in [0.29, 0.717) is 15.4 Å². The molecule has 0 atom stereocenters. The number of nitrogens with zero attached hydrogens (tertiary/aromatic N) is 2. The second-order valence-corrected chi connectivity index (χ2v) is 8.33. The van der Waals surface area contributed by atoms with Gasteiger partial charge in [0, 0.05) is 15.4 Å². The van der Waals surface area contributed by atoms with E-state index in [9.17, 15) is 18.7 Å². The van der Waals surface area contributed by atoms with E-state index >= 15 is 0 Å². The molecule has 2 aromatic carbocycles. The highest BCUT2D eigenvalue weighted by Gasteiger charge is 2.19. The van der Waals surface area contributed by atoms with Crippen LogP contribution in [-0.2, 0) is 18.6 Å². The molecule has 0 radical (unpaired) electrons. The molecule has 0 amide bonds. The van der Waals surface area contributed by atoms with Crippen molar-refractivity contribution in [3.63, 3.8) is 0 Å². The van der Waals surface area contributed by atoms with E-state index in [1.165, 1.54) is 24.4 Å². The maximum atomic E-state index is 14.7. The lowest BCUT2D eigenvalue weighted by molar-refractivity contribution is 0.280. The third kappa shape index (κ3) is 3.80. The summed E-state index contributed by atoms with van der Waals surface area (Å²) in [4.78, 5) is 12.7. The summed E-state index contributed by atoms with van der Waals surface area (Å²) in [7, 11) is 0. The summed E-state index contributed by atoms with van der Waals surface area (Å²) in [5.41, 5.74) is 0.533. The first-order chi connectivity index (χ1) is 12.6. The minimum Gasteiger partial charge on any atom is -0.392 e. The standard InChI is InChI=1S/C20H19BrF2N2O2/c1-20(2,3)14-5-11-8-24-25(19(27)18(11)17(23)6-14)9-12-4-13(10-26)15(21)7-16(12)22/h4-8,26H,9-10H2,1-3H3. The van der Waals surface area contributed by atoms with E-state index in [2.05, 4.69) is 21.0 Å². The van der Waals surface area contributed by atoms with Gasteiger partial charge in [0.15, 0.2) is 0 Å². The second kappa shape index (κ2) is 7.13. The molecule has 0 aliphatic heterocycles. The van der Waals surface area contributed by atoms with Crippen LogP contribution in [0.2, 0.25) is 0 Å². The van der Waals surface area contributed by atoms with Crippen LogP contribution in [-0.4, -0.2) is 14.9 Å². The normalized spacial score (nSPS) is 12.0. The highest BCUT2D eigenvalue weighted by molar-refractivity contribution is 9.10. The average molecular weight is 437 g/mol. The minimum absolute atomic E-state index is 0.0714. The first-order valence-electron chi connectivity index (χ1n) is 8.39. The summed E-state index contributed by atoms with van der Waals surface area (Å²) >= 11 is 3.17. The molecule has 1 heterocycles. The Morgan fingerprint density at radius 2 is 1.81 bits per heavy atom. The number of aliphatic hydroxyl groups is 1. The molecule has 0 saturated carbocycles. The van der Waals surface area contributed by atoms with Crippen molar-refractivity contribution in [3.8, 4) is 0 Å². The summed E-state index contributed by atoms with van der Waals surface area (Å²) < 4.78 is 30.3. The quantitative estimate of drug-likeness (QED) is 0.666. The van der Waals surface area contributed by atoms with Crippen LogP contribution in [0.4, 0.5) is 8.78 Å². The monoisotopic (exact) mass is 436 g/mol. The molecular formula is C20H19BrF2N2O2. The third-order valence-electron chi connectivity index (χ3n) is 4.48. The lowest BCUT2D eigenvalue weighted by Gasteiger charge is -2.20. The van der Waals surface area contributed by atoms with Crippen molar-refractivity contribution in [3.05, 3.63) is 73.6 Å². The van der Waals surface area contributed by atoms with Gasteiger partial charge in [-0.2, -0.15) is 5.10 Å². The van der Waals surface area contributed by atoms with Crippen molar-refractivity contribution in [1.29, 1.82) is 0 Å². The number of aromatic nitrogens is 2. The van der Waals surface area contributed by atoms with Crippen LogP contribution in [0.1, 0.15) is 37.5 Å². The number of aliphatic hydroxyl groups excluding tert-OH is 1. The van der Waals surface area contributed by atoms with E-state index in [1.807, 2.05) is 20.8 Å². The Morgan fingerprint density at radius 3 is 2.44 bits per heavy atom. The number of rotatable bonds is 3. The number of hydrogen-bond acceptors (Lipinski definition) is 3. The van der Waals surface area contributed by atoms with Crippen LogP contribution in [0.5, 0.6) is 0 Å². The van der Waals surface area contributed by atoms with Gasteiger partial charge in [-0.3, -0.25) is 4.79 Å². The molecule has 1 N–H and O–H groups in total. The fourth-order valence-corrected chi connectivity index (χ4v) is 3.30. The predicted molar refractivity (Wildman–Crippen MR) is 104 cm³/mol. The van der Waals surface area contributed by atoms with Crippen molar-refractivity contribution in [1.82, 2.24) is 9.78 Å². The van der Waals surface area contributed by atoms with Gasteiger partial charge in [-0.1, -0.05) is 36.7 Å². The number of halogens is 3. The molecular weight excluding hydrogens is 418 g/mol. The predicted octanol–water partition coefficient (Wildman–Crippen LogP) is 4.28. The summed E-state index contributed by atoms with van der Waals surface area (Å²) in [5.74, 6) is -1.16. The highest BCUT2D eigenvalue weighted by Crippen LogP contribution is 2.27. The van der Waals surface area contributed by atoms with Crippen LogP contribution < -0.4 is 5.56 Å². The average Bonchev–Trinajstić information content (AvgIpc) is 2.58. The van der Waals surface area contributed by atoms with Gasteiger partial charge >= 0.3 is 0 Å². The summed E-state index contributed by atoms with van der Waals surface area (Å²) in [6.07, 6.45) is 1.42. The van der Waals surface area contributed by atoms with E-state index in [4.69, 9.17) is 0 Å². The fraction of sp³-hybridized carbons (Fsp3) is 0.300. The number of benzene rings is 2. The molecule has 1 aromatic heterocycles. The Balaban J connectivity index is 2.11. The van der Waals surface area contributed by atoms with Gasteiger partial charge in [-0.15, -0.1) is 0 Å². The van der Waals surface area contributed by atoms with Crippen LogP contribution in [0.3, 0.4) is 0 Å². The molecule has 3 aromatic rings. The van der Waals surface area contributed by atoms with Crippen LogP contribution >= 0.6 is 15.9 Å². The van der Waals surface area contributed by atoms with Crippen molar-refractivity contribution in [2.24, 2.45) is 0 Å². The molecule has 0 fully saturated rings. The second-order valence-electron chi connectivity index (χ2n) is 7.47. The van der Waals surface area contributed by atoms with E-state index in [0.717, 1.165) is 10.2 Å². The Kier molecular flexibility index (Phi) is 5.18. The molecule has 0 aliphatic rings. The van der Waals surface area contributed by atoms with Crippen LogP contribution in [0, 0.1) is 11.6 Å². The van der Waals surface area contributed by atoms with Gasteiger partial charge in [0.05, 0.1) is 24.7 Å². The molecule has 4 nitrogen and oxygen atoms in total. The highest BCUT2D eigenvalue weighted by atomic mass is 79.9. The zero-order valence-corrected chi connectivity index (χ0v) is 16.8. The Bertz CT molecular complexity index is 1090. The summed E-state index contributed by atoms with van der Waals surface area (Å²) in [6, 6.07) is 5.79. The van der Waals surface area contributed by atoms with Gasteiger partial charge in [0.2, 0.25) is 0 Å². The molecule has 27 heavy (non-hydrogen) atoms. The van der Waals surface area contributed by atoms with Crippen LogP contribution in [0.15, 0.2) is 39.7 Å². The van der Waals surface area contributed by atoms with Gasteiger partial charge in [-0.25, -0.2) is 13.5 Å². The number of hydrogen-bond donors (Lipinski definition) is 1. The zero-order chi connectivity index (χ0) is 19.9. The van der Waals surface area contributed by atoms with Gasteiger partial charge < -0.3 is 5.11 Å². The Morgan fingerprint density at radius 1 is 1.11 bits per heavy atom. The van der Waals surface area contributed by atoms with Gasteiger partial charge in [0.1, 0.15) is 11.6 Å². The topological polar surface area (TPSA) is 55.1 Å². The third-order valence-corrected chi connectivity index (χ3v) is 5.22. The van der Waals surface area contributed by atoms with Gasteiger partial charge in [-0.05, 0) is 40.8 Å². The molecule has 3 rings (SSSR count). The van der Waals surface area contributed by atoms with E-state index < -0.39 is 17.2 Å². The molecule has 0 aliphatic carbocycles. The first kappa shape index (κ1) is 19.6. The maximum absolute atomic E-state index is 14.7. The molecule has 0 spiro atoms. The lowest BCUT2D eigenvalue weighted by atomic mass is 9.86. The molecule has 142 valence electrons.